The third-order valence-corrected chi connectivity index (χ3v) is 7.34. The predicted octanol–water partition coefficient (Wildman–Crippen LogP) is 3.28. The first-order valence-electron chi connectivity index (χ1n) is 8.97. The summed E-state index contributed by atoms with van der Waals surface area (Å²) in [6.07, 6.45) is 1.62. The van der Waals surface area contributed by atoms with Gasteiger partial charge in [0.25, 0.3) is 10.0 Å². The van der Waals surface area contributed by atoms with Crippen molar-refractivity contribution in [1.29, 1.82) is 0 Å². The first kappa shape index (κ1) is 18.5. The van der Waals surface area contributed by atoms with Crippen LogP contribution in [0.3, 0.4) is 0 Å². The fraction of sp³-hybridized carbons (Fsp3) is 0.300. The molecule has 27 heavy (non-hydrogen) atoms. The fourth-order valence-corrected chi connectivity index (χ4v) is 5.41. The van der Waals surface area contributed by atoms with Gasteiger partial charge in [-0.05, 0) is 36.9 Å². The number of fused-ring (bicyclic) bond motifs is 1. The van der Waals surface area contributed by atoms with Crippen LogP contribution in [0.4, 0.5) is 0 Å². The summed E-state index contributed by atoms with van der Waals surface area (Å²) in [5, 5.41) is 1.19. The molecule has 0 atom stereocenters. The minimum atomic E-state index is -3.75. The van der Waals surface area contributed by atoms with Crippen molar-refractivity contribution in [3.8, 4) is 0 Å². The highest BCUT2D eigenvalue weighted by molar-refractivity contribution is 7.90. The first-order valence-corrected chi connectivity index (χ1v) is 10.8. The van der Waals surface area contributed by atoms with E-state index in [0.717, 1.165) is 43.7 Å². The van der Waals surface area contributed by atoms with Crippen LogP contribution in [0.15, 0.2) is 59.6 Å². The van der Waals surface area contributed by atoms with Crippen LogP contribution >= 0.6 is 11.6 Å². The monoisotopic (exact) mass is 403 g/mol. The van der Waals surface area contributed by atoms with Crippen LogP contribution in [0.25, 0.3) is 10.9 Å². The van der Waals surface area contributed by atoms with Crippen LogP contribution < -0.4 is 0 Å². The molecule has 4 rings (SSSR count). The number of likely N-dealkylation sites (N-methyl/N-ethyl adjacent to an activating group) is 1. The number of rotatable bonds is 4. The molecule has 1 aliphatic heterocycles. The molecule has 0 bridgehead atoms. The van der Waals surface area contributed by atoms with Gasteiger partial charge < -0.3 is 4.90 Å². The maximum absolute atomic E-state index is 13.1. The first-order chi connectivity index (χ1) is 13.0. The molecule has 1 aliphatic rings. The van der Waals surface area contributed by atoms with Gasteiger partial charge in [0.1, 0.15) is 4.90 Å². The zero-order valence-corrected chi connectivity index (χ0v) is 16.7. The van der Waals surface area contributed by atoms with E-state index in [2.05, 4.69) is 22.9 Å². The number of piperazine rings is 1. The average Bonchev–Trinajstić information content (AvgIpc) is 3.10. The summed E-state index contributed by atoms with van der Waals surface area (Å²) in [4.78, 5) is 4.85. The van der Waals surface area contributed by atoms with Gasteiger partial charge in [-0.25, -0.2) is 12.4 Å². The van der Waals surface area contributed by atoms with Crippen molar-refractivity contribution in [1.82, 2.24) is 13.8 Å². The lowest BCUT2D eigenvalue weighted by Gasteiger charge is -2.32. The summed E-state index contributed by atoms with van der Waals surface area (Å²) >= 11 is 6.15. The van der Waals surface area contributed by atoms with Crippen molar-refractivity contribution in [2.45, 2.75) is 11.4 Å². The molecule has 5 nitrogen and oxygen atoms in total. The van der Waals surface area contributed by atoms with Crippen LogP contribution in [0.2, 0.25) is 5.02 Å². The van der Waals surface area contributed by atoms with E-state index >= 15 is 0 Å². The van der Waals surface area contributed by atoms with Crippen molar-refractivity contribution in [3.63, 3.8) is 0 Å². The summed E-state index contributed by atoms with van der Waals surface area (Å²) in [5.41, 5.74) is 1.83. The van der Waals surface area contributed by atoms with Gasteiger partial charge in [0.2, 0.25) is 0 Å². The Morgan fingerprint density at radius 1 is 0.963 bits per heavy atom. The predicted molar refractivity (Wildman–Crippen MR) is 109 cm³/mol. The Hall–Kier alpha value is -1.86. The third-order valence-electron chi connectivity index (χ3n) is 5.15. The Bertz CT molecular complexity index is 1070. The quantitative estimate of drug-likeness (QED) is 0.670. The molecule has 1 saturated heterocycles. The second-order valence-corrected chi connectivity index (χ2v) is 9.17. The van der Waals surface area contributed by atoms with E-state index in [9.17, 15) is 8.42 Å². The Labute approximate surface area is 164 Å². The second-order valence-electron chi connectivity index (χ2n) is 6.98. The van der Waals surface area contributed by atoms with E-state index in [-0.39, 0.29) is 9.92 Å². The third kappa shape index (κ3) is 3.50. The number of hydrogen-bond acceptors (Lipinski definition) is 4. The normalized spacial score (nSPS) is 16.8. The molecule has 2 heterocycles. The molecular weight excluding hydrogens is 382 g/mol. The van der Waals surface area contributed by atoms with Gasteiger partial charge in [0.05, 0.1) is 10.5 Å². The number of nitrogens with zero attached hydrogens (tertiary/aromatic N) is 3. The van der Waals surface area contributed by atoms with Gasteiger partial charge >= 0.3 is 0 Å². The van der Waals surface area contributed by atoms with E-state index in [4.69, 9.17) is 11.6 Å². The molecule has 0 amide bonds. The minimum Gasteiger partial charge on any atom is -0.304 e. The van der Waals surface area contributed by atoms with Crippen molar-refractivity contribution in [2.24, 2.45) is 0 Å². The van der Waals surface area contributed by atoms with Crippen LogP contribution in [0.1, 0.15) is 5.56 Å². The molecule has 0 N–H and O–H groups in total. The summed E-state index contributed by atoms with van der Waals surface area (Å²) in [5.74, 6) is 0. The molecule has 0 saturated carbocycles. The highest BCUT2D eigenvalue weighted by Crippen LogP contribution is 2.28. The summed E-state index contributed by atoms with van der Waals surface area (Å²) in [7, 11) is -1.61. The van der Waals surface area contributed by atoms with Gasteiger partial charge in [-0.2, -0.15) is 0 Å². The Morgan fingerprint density at radius 2 is 1.70 bits per heavy atom. The van der Waals surface area contributed by atoms with Gasteiger partial charge in [-0.1, -0.05) is 35.9 Å². The van der Waals surface area contributed by atoms with Crippen molar-refractivity contribution < 1.29 is 8.42 Å². The van der Waals surface area contributed by atoms with Crippen LogP contribution in [-0.2, 0) is 16.6 Å². The molecule has 0 unspecified atom stereocenters. The van der Waals surface area contributed by atoms with E-state index in [1.54, 1.807) is 24.4 Å². The fourth-order valence-electron chi connectivity index (χ4n) is 3.56. The van der Waals surface area contributed by atoms with Gasteiger partial charge in [0, 0.05) is 44.3 Å². The van der Waals surface area contributed by atoms with Gasteiger partial charge in [-0.15, -0.1) is 0 Å². The molecule has 3 aromatic rings. The van der Waals surface area contributed by atoms with Crippen molar-refractivity contribution in [2.75, 3.05) is 33.2 Å². The zero-order chi connectivity index (χ0) is 19.0. The number of benzene rings is 2. The molecule has 2 aromatic carbocycles. The molecule has 1 fully saturated rings. The van der Waals surface area contributed by atoms with Crippen LogP contribution in [0, 0.1) is 0 Å². The summed E-state index contributed by atoms with van der Waals surface area (Å²) in [6, 6.07) is 14.3. The molecule has 142 valence electrons. The summed E-state index contributed by atoms with van der Waals surface area (Å²) in [6.45, 7) is 4.97. The topological polar surface area (TPSA) is 45.5 Å². The van der Waals surface area contributed by atoms with Crippen LogP contribution in [-0.4, -0.2) is 55.4 Å². The average molecular weight is 404 g/mol. The van der Waals surface area contributed by atoms with Gasteiger partial charge in [-0.3, -0.25) is 4.90 Å². The molecule has 0 radical (unpaired) electrons. The van der Waals surface area contributed by atoms with E-state index < -0.39 is 10.0 Å². The van der Waals surface area contributed by atoms with E-state index in [0.29, 0.717) is 5.52 Å². The maximum Gasteiger partial charge on any atom is 0.269 e. The summed E-state index contributed by atoms with van der Waals surface area (Å²) < 4.78 is 27.6. The van der Waals surface area contributed by atoms with Gasteiger partial charge in [0.15, 0.2) is 0 Å². The minimum absolute atomic E-state index is 0.119. The van der Waals surface area contributed by atoms with Crippen molar-refractivity contribution >= 4 is 32.5 Å². The number of hydrogen-bond donors (Lipinski definition) is 0. The molecule has 0 spiro atoms. The molecule has 1 aromatic heterocycles. The second kappa shape index (κ2) is 7.28. The van der Waals surface area contributed by atoms with Crippen molar-refractivity contribution in [3.05, 3.63) is 65.3 Å². The molecule has 0 aliphatic carbocycles. The largest absolute Gasteiger partial charge is 0.304 e. The zero-order valence-electron chi connectivity index (χ0n) is 15.2. The molecular formula is C20H22ClN3O2S. The molecule has 7 heteroatoms. The number of halogens is 1. The Morgan fingerprint density at radius 3 is 2.44 bits per heavy atom. The highest BCUT2D eigenvalue weighted by Gasteiger charge is 2.22. The lowest BCUT2D eigenvalue weighted by molar-refractivity contribution is 0.148. The van der Waals surface area contributed by atoms with E-state index in [1.807, 2.05) is 18.2 Å². The van der Waals surface area contributed by atoms with Crippen LogP contribution in [0.5, 0.6) is 0 Å². The lowest BCUT2D eigenvalue weighted by Crippen LogP contribution is -2.43. The maximum atomic E-state index is 13.1. The number of aromatic nitrogens is 1. The lowest BCUT2D eigenvalue weighted by atomic mass is 10.1. The SMILES string of the molecule is CN1CCN(Cc2cccc3c2ccn3S(=O)(=O)c2ccccc2Cl)CC1. The Balaban J connectivity index is 1.72. The standard InChI is InChI=1S/C20H22ClN3O2S/c1-22-11-13-23(14-12-22)15-16-5-4-7-19-17(16)9-10-24(19)27(25,26)20-8-3-2-6-18(20)21/h2-10H,11-15H2,1H3. The highest BCUT2D eigenvalue weighted by atomic mass is 35.5. The Kier molecular flexibility index (Phi) is 4.99. The smallest absolute Gasteiger partial charge is 0.269 e. The van der Waals surface area contributed by atoms with E-state index in [1.165, 1.54) is 10.0 Å².